The first kappa shape index (κ1) is 19.9. The minimum atomic E-state index is -0.853. The Morgan fingerprint density at radius 3 is 2.41 bits per heavy atom. The lowest BCUT2D eigenvalue weighted by Crippen LogP contribution is -2.33. The zero-order valence-corrected chi connectivity index (χ0v) is 15.8. The summed E-state index contributed by atoms with van der Waals surface area (Å²) in [4.78, 5) is 49.0. The van der Waals surface area contributed by atoms with Crippen LogP contribution in [0.3, 0.4) is 0 Å². The van der Waals surface area contributed by atoms with Crippen LogP contribution in [0.25, 0.3) is 10.8 Å². The molecule has 0 amide bonds. The predicted octanol–water partition coefficient (Wildman–Crippen LogP) is 1.13. The molecule has 0 bridgehead atoms. The number of aromatic nitrogens is 2. The summed E-state index contributed by atoms with van der Waals surface area (Å²) in [5.41, 5.74) is -0.862. The second-order valence-corrected chi connectivity index (χ2v) is 6.03. The van der Waals surface area contributed by atoms with Crippen molar-refractivity contribution in [3.63, 3.8) is 0 Å². The molecule has 9 heteroatoms. The maximum absolute atomic E-state index is 12.4. The van der Waals surface area contributed by atoms with Crippen LogP contribution in [0.1, 0.15) is 10.4 Å². The zero-order valence-electron chi connectivity index (χ0n) is 15.8. The van der Waals surface area contributed by atoms with E-state index >= 15 is 0 Å². The van der Waals surface area contributed by atoms with E-state index < -0.39 is 36.0 Å². The summed E-state index contributed by atoms with van der Waals surface area (Å²) >= 11 is 0. The molecule has 0 aliphatic heterocycles. The topological polar surface area (TPSA) is 117 Å². The largest absolute Gasteiger partial charge is 0.497 e. The van der Waals surface area contributed by atoms with Gasteiger partial charge in [-0.25, -0.2) is 4.68 Å². The molecule has 0 radical (unpaired) electrons. The molecule has 29 heavy (non-hydrogen) atoms. The first-order valence-corrected chi connectivity index (χ1v) is 8.57. The molecular formula is C20H18N2O7. The van der Waals surface area contributed by atoms with Crippen molar-refractivity contribution >= 4 is 22.5 Å². The summed E-state index contributed by atoms with van der Waals surface area (Å²) in [6.45, 7) is -1.10. The predicted molar refractivity (Wildman–Crippen MR) is 104 cm³/mol. The number of nitrogens with zero attached hydrogens (tertiary/aromatic N) is 1. The fourth-order valence-corrected chi connectivity index (χ4v) is 2.79. The molecule has 0 atom stereocenters. The molecule has 0 aliphatic rings. The molecule has 0 fully saturated rings. The molecule has 1 aromatic heterocycles. The Bertz CT molecular complexity index is 1190. The second-order valence-electron chi connectivity index (χ2n) is 6.03. The molecule has 150 valence electrons. The number of methoxy groups -OCH3 is 2. The van der Waals surface area contributed by atoms with Gasteiger partial charge in [-0.2, -0.15) is 0 Å². The van der Waals surface area contributed by atoms with E-state index in [0.29, 0.717) is 11.5 Å². The van der Waals surface area contributed by atoms with E-state index in [0.717, 1.165) is 4.68 Å². The van der Waals surface area contributed by atoms with Crippen LogP contribution in [0.5, 0.6) is 11.5 Å². The molecule has 1 heterocycles. The average Bonchev–Trinajstić information content (AvgIpc) is 2.75. The smallest absolute Gasteiger partial charge is 0.328 e. The summed E-state index contributed by atoms with van der Waals surface area (Å²) in [5, 5.41) is 2.73. The molecule has 2 aromatic carbocycles. The maximum Gasteiger partial charge on any atom is 0.328 e. The van der Waals surface area contributed by atoms with Crippen LogP contribution >= 0.6 is 0 Å². The van der Waals surface area contributed by atoms with Crippen LogP contribution in [0.15, 0.2) is 52.1 Å². The molecule has 0 saturated carbocycles. The minimum absolute atomic E-state index is 0.182. The number of ether oxygens (including phenoxy) is 3. The van der Waals surface area contributed by atoms with Crippen molar-refractivity contribution in [1.82, 2.24) is 9.78 Å². The van der Waals surface area contributed by atoms with Gasteiger partial charge in [0.25, 0.3) is 11.1 Å². The number of aromatic amines is 1. The van der Waals surface area contributed by atoms with E-state index in [9.17, 15) is 19.2 Å². The van der Waals surface area contributed by atoms with E-state index in [1.54, 1.807) is 24.3 Å². The summed E-state index contributed by atoms with van der Waals surface area (Å²) in [6.07, 6.45) is 0. The number of fused-ring (bicyclic) bond motifs is 1. The van der Waals surface area contributed by atoms with Crippen LogP contribution in [0, 0.1) is 0 Å². The van der Waals surface area contributed by atoms with Crippen molar-refractivity contribution in [2.45, 2.75) is 6.54 Å². The maximum atomic E-state index is 12.4. The van der Waals surface area contributed by atoms with Gasteiger partial charge >= 0.3 is 5.97 Å². The third-order valence-corrected chi connectivity index (χ3v) is 4.24. The highest BCUT2D eigenvalue weighted by molar-refractivity contribution is 6.00. The van der Waals surface area contributed by atoms with E-state index in [1.165, 1.54) is 32.4 Å². The lowest BCUT2D eigenvalue weighted by Gasteiger charge is -2.10. The lowest BCUT2D eigenvalue weighted by atomic mass is 10.1. The third-order valence-electron chi connectivity index (χ3n) is 4.24. The van der Waals surface area contributed by atoms with Crippen molar-refractivity contribution in [1.29, 1.82) is 0 Å². The van der Waals surface area contributed by atoms with Gasteiger partial charge in [-0.3, -0.25) is 24.3 Å². The van der Waals surface area contributed by atoms with Crippen LogP contribution < -0.4 is 20.6 Å². The van der Waals surface area contributed by atoms with Crippen LogP contribution in [-0.4, -0.2) is 42.4 Å². The van der Waals surface area contributed by atoms with Gasteiger partial charge in [0, 0.05) is 0 Å². The van der Waals surface area contributed by atoms with Crippen LogP contribution in [0.4, 0.5) is 0 Å². The second kappa shape index (κ2) is 8.42. The fraction of sp³-hybridized carbons (Fsp3) is 0.200. The summed E-state index contributed by atoms with van der Waals surface area (Å²) in [5.74, 6) is -0.607. The first-order valence-electron chi connectivity index (χ1n) is 8.57. The Hall–Kier alpha value is -3.88. The van der Waals surface area contributed by atoms with Gasteiger partial charge in [0.1, 0.15) is 18.0 Å². The van der Waals surface area contributed by atoms with Crippen LogP contribution in [0.2, 0.25) is 0 Å². The summed E-state index contributed by atoms with van der Waals surface area (Å²) < 4.78 is 16.0. The molecule has 3 rings (SSSR count). The van der Waals surface area contributed by atoms with Crippen LogP contribution in [-0.2, 0) is 16.1 Å². The molecule has 9 nitrogen and oxygen atoms in total. The average molecular weight is 398 g/mol. The number of ketones is 1. The number of hydrogen-bond acceptors (Lipinski definition) is 7. The Morgan fingerprint density at radius 1 is 1.00 bits per heavy atom. The number of benzene rings is 2. The minimum Gasteiger partial charge on any atom is -0.497 e. The first-order chi connectivity index (χ1) is 13.9. The number of esters is 1. The fourth-order valence-electron chi connectivity index (χ4n) is 2.79. The molecule has 0 spiro atoms. The normalized spacial score (nSPS) is 10.6. The molecular weight excluding hydrogens is 380 g/mol. The Labute approximate surface area is 164 Å². The van der Waals surface area contributed by atoms with Gasteiger partial charge in [-0.1, -0.05) is 12.1 Å². The van der Waals surface area contributed by atoms with Gasteiger partial charge < -0.3 is 14.2 Å². The number of Topliss-reactive ketones (excluding diaryl/α,β-unsaturated/α-hetero) is 1. The molecule has 0 saturated heterocycles. The Balaban J connectivity index is 1.73. The molecule has 3 aromatic rings. The van der Waals surface area contributed by atoms with Gasteiger partial charge in [-0.15, -0.1) is 0 Å². The number of carbonyl (C=O) groups excluding carboxylic acids is 2. The van der Waals surface area contributed by atoms with Crippen molar-refractivity contribution in [3.8, 4) is 11.5 Å². The molecule has 0 unspecified atom stereocenters. The van der Waals surface area contributed by atoms with Crippen molar-refractivity contribution in [3.05, 3.63) is 68.7 Å². The highest BCUT2D eigenvalue weighted by Gasteiger charge is 2.17. The summed E-state index contributed by atoms with van der Waals surface area (Å²) in [7, 11) is 2.87. The van der Waals surface area contributed by atoms with E-state index in [4.69, 9.17) is 14.2 Å². The molecule has 1 N–H and O–H groups in total. The van der Waals surface area contributed by atoms with Crippen molar-refractivity contribution in [2.75, 3.05) is 20.8 Å². The number of carbonyl (C=O) groups is 2. The molecule has 0 aliphatic carbocycles. The Kier molecular flexibility index (Phi) is 5.77. The highest BCUT2D eigenvalue weighted by Crippen LogP contribution is 2.24. The Morgan fingerprint density at radius 2 is 1.72 bits per heavy atom. The van der Waals surface area contributed by atoms with Gasteiger partial charge in [-0.05, 0) is 30.3 Å². The van der Waals surface area contributed by atoms with Gasteiger partial charge in [0.2, 0.25) is 5.78 Å². The monoisotopic (exact) mass is 398 g/mol. The van der Waals surface area contributed by atoms with Gasteiger partial charge in [0.05, 0.1) is 30.6 Å². The SMILES string of the molecule is COc1ccc(OC)c(C(=O)COC(=O)Cn2[nH]c(=O)c3ccccc3c2=O)c1. The summed E-state index contributed by atoms with van der Waals surface area (Å²) in [6, 6.07) is 10.9. The van der Waals surface area contributed by atoms with E-state index in [2.05, 4.69) is 5.10 Å². The van der Waals surface area contributed by atoms with Crippen molar-refractivity contribution in [2.24, 2.45) is 0 Å². The third kappa shape index (κ3) is 4.18. The number of H-pyrrole nitrogens is 1. The standard InChI is InChI=1S/C20H18N2O7/c1-27-12-7-8-17(28-2)15(9-12)16(23)11-29-18(24)10-22-20(26)14-6-4-3-5-13(14)19(25)21-22/h3-9H,10-11H2,1-2H3,(H,21,25). The lowest BCUT2D eigenvalue weighted by molar-refractivity contribution is -0.143. The number of hydrogen-bond donors (Lipinski definition) is 1. The quantitative estimate of drug-likeness (QED) is 0.468. The highest BCUT2D eigenvalue weighted by atomic mass is 16.5. The number of rotatable bonds is 7. The van der Waals surface area contributed by atoms with Gasteiger partial charge in [0.15, 0.2) is 6.61 Å². The van der Waals surface area contributed by atoms with E-state index in [-0.39, 0.29) is 16.3 Å². The van der Waals surface area contributed by atoms with Crippen molar-refractivity contribution < 1.29 is 23.8 Å². The number of nitrogens with one attached hydrogen (secondary N) is 1. The zero-order chi connectivity index (χ0) is 21.0. The van der Waals surface area contributed by atoms with E-state index in [1.807, 2.05) is 0 Å².